The van der Waals surface area contributed by atoms with Gasteiger partial charge in [-0.3, -0.25) is 0 Å². The molecule has 0 aromatic carbocycles. The van der Waals surface area contributed by atoms with Crippen LogP contribution in [0.25, 0.3) is 0 Å². The molecule has 11 heavy (non-hydrogen) atoms. The van der Waals surface area contributed by atoms with Crippen molar-refractivity contribution < 1.29 is 13.3 Å². The van der Waals surface area contributed by atoms with E-state index in [1.165, 1.54) is 0 Å². The fourth-order valence-corrected chi connectivity index (χ4v) is 2.86. The lowest BCUT2D eigenvalue weighted by Crippen LogP contribution is -2.58. The normalized spacial score (nSPS) is 15.0. The highest BCUT2D eigenvalue weighted by Gasteiger charge is 2.44. The van der Waals surface area contributed by atoms with Gasteiger partial charge in [0.15, 0.2) is 0 Å². The molecule has 0 bridgehead atoms. The van der Waals surface area contributed by atoms with Gasteiger partial charge in [0.2, 0.25) is 0 Å². The number of rotatable bonds is 5. The molecule has 0 saturated heterocycles. The summed E-state index contributed by atoms with van der Waals surface area (Å²) in [6.07, 6.45) is 0.793. The lowest BCUT2D eigenvalue weighted by molar-refractivity contribution is 0.112. The summed E-state index contributed by atoms with van der Waals surface area (Å²) >= 11 is 0. The molecule has 0 radical (unpaired) electrons. The average Bonchev–Trinajstić information content (AvgIpc) is 2.08. The summed E-state index contributed by atoms with van der Waals surface area (Å²) in [6, 6.07) is 0. The van der Waals surface area contributed by atoms with Gasteiger partial charge in [0.1, 0.15) is 0 Å². The lowest BCUT2D eigenvalue weighted by atomic mass is 10.5. The predicted molar refractivity (Wildman–Crippen MR) is 45.0 cm³/mol. The number of hydrogen-bond acceptors (Lipinski definition) is 4. The molecule has 0 aromatic rings. The summed E-state index contributed by atoms with van der Waals surface area (Å²) < 4.78 is 15.5. The van der Waals surface area contributed by atoms with E-state index in [-0.39, 0.29) is 5.67 Å². The van der Waals surface area contributed by atoms with Crippen LogP contribution in [0.15, 0.2) is 0 Å². The highest BCUT2D eigenvalue weighted by Crippen LogP contribution is 2.11. The van der Waals surface area contributed by atoms with Crippen LogP contribution in [-0.2, 0) is 13.3 Å². The molecule has 5 heteroatoms. The molecule has 0 aliphatic heterocycles. The van der Waals surface area contributed by atoms with Crippen molar-refractivity contribution in [2.45, 2.75) is 19.0 Å². The van der Waals surface area contributed by atoms with Gasteiger partial charge in [-0.1, -0.05) is 6.92 Å². The van der Waals surface area contributed by atoms with E-state index in [0.717, 1.165) is 6.42 Å². The first kappa shape index (κ1) is 11.1. The Hall–Kier alpha value is 0.0569. The summed E-state index contributed by atoms with van der Waals surface area (Å²) in [6.45, 7) is 1.98. The largest absolute Gasteiger partial charge is 0.517 e. The molecule has 0 aliphatic rings. The third-order valence-electron chi connectivity index (χ3n) is 1.75. The maximum absolute atomic E-state index is 5.77. The molecule has 0 fully saturated rings. The zero-order valence-electron chi connectivity index (χ0n) is 7.59. The Kier molecular flexibility index (Phi) is 4.86. The van der Waals surface area contributed by atoms with Crippen LogP contribution in [0.5, 0.6) is 0 Å². The average molecular weight is 179 g/mol. The molecule has 0 unspecified atom stereocenters. The van der Waals surface area contributed by atoms with E-state index < -0.39 is 8.80 Å². The van der Waals surface area contributed by atoms with Gasteiger partial charge >= 0.3 is 8.80 Å². The minimum absolute atomic E-state index is 0.137. The van der Waals surface area contributed by atoms with Crippen molar-refractivity contribution in [3.05, 3.63) is 0 Å². The van der Waals surface area contributed by atoms with Gasteiger partial charge in [0.05, 0.1) is 5.67 Å². The highest BCUT2D eigenvalue weighted by atomic mass is 28.4. The first-order valence-electron chi connectivity index (χ1n) is 3.57. The molecule has 0 aliphatic carbocycles. The quantitative estimate of drug-likeness (QED) is 0.610. The topological polar surface area (TPSA) is 53.7 Å². The molecule has 0 rings (SSSR count). The van der Waals surface area contributed by atoms with Crippen LogP contribution in [0.1, 0.15) is 13.3 Å². The van der Waals surface area contributed by atoms with Gasteiger partial charge in [-0.25, -0.2) is 0 Å². The van der Waals surface area contributed by atoms with Crippen molar-refractivity contribution in [3.63, 3.8) is 0 Å². The van der Waals surface area contributed by atoms with Crippen molar-refractivity contribution >= 4 is 8.80 Å². The third-order valence-corrected chi connectivity index (χ3v) is 4.77. The highest BCUT2D eigenvalue weighted by molar-refractivity contribution is 6.62. The molecular formula is C6H17NO3Si. The Morgan fingerprint density at radius 2 is 1.55 bits per heavy atom. The minimum Gasteiger partial charge on any atom is -0.376 e. The third kappa shape index (κ3) is 2.24. The van der Waals surface area contributed by atoms with Gasteiger partial charge in [-0.2, -0.15) is 0 Å². The molecule has 1 atom stereocenters. The van der Waals surface area contributed by atoms with E-state index in [0.29, 0.717) is 0 Å². The smallest absolute Gasteiger partial charge is 0.376 e. The van der Waals surface area contributed by atoms with Crippen molar-refractivity contribution in [3.8, 4) is 0 Å². The van der Waals surface area contributed by atoms with Gasteiger partial charge in [0, 0.05) is 21.3 Å². The molecular weight excluding hydrogens is 162 g/mol. The molecule has 4 nitrogen and oxygen atoms in total. The van der Waals surface area contributed by atoms with Crippen LogP contribution in [0, 0.1) is 0 Å². The molecule has 0 amide bonds. The van der Waals surface area contributed by atoms with Gasteiger partial charge in [0.25, 0.3) is 0 Å². The van der Waals surface area contributed by atoms with Crippen molar-refractivity contribution in [1.82, 2.24) is 0 Å². The van der Waals surface area contributed by atoms with Gasteiger partial charge in [-0.05, 0) is 6.42 Å². The summed E-state index contributed by atoms with van der Waals surface area (Å²) in [4.78, 5) is 0. The predicted octanol–water partition coefficient (Wildman–Crippen LogP) is 0.141. The van der Waals surface area contributed by atoms with Crippen LogP contribution >= 0.6 is 0 Å². The van der Waals surface area contributed by atoms with Crippen LogP contribution in [0.4, 0.5) is 0 Å². The Bertz CT molecular complexity index is 99.7. The first-order chi connectivity index (χ1) is 5.16. The van der Waals surface area contributed by atoms with Crippen LogP contribution in [0.3, 0.4) is 0 Å². The number of nitrogens with two attached hydrogens (primary N) is 1. The standard InChI is InChI=1S/C6H17NO3Si/c1-5-6(7)11(8-2,9-3)10-4/h6H,5,7H2,1-4H3/t6-/m1/s1. The SMILES string of the molecule is CC[C@H](N)[Si](OC)(OC)OC. The second-order valence-corrected chi connectivity index (χ2v) is 5.40. The van der Waals surface area contributed by atoms with Crippen molar-refractivity contribution in [2.24, 2.45) is 5.73 Å². The monoisotopic (exact) mass is 179 g/mol. The van der Waals surface area contributed by atoms with Crippen molar-refractivity contribution in [1.29, 1.82) is 0 Å². The van der Waals surface area contributed by atoms with Crippen molar-refractivity contribution in [2.75, 3.05) is 21.3 Å². The molecule has 68 valence electrons. The van der Waals surface area contributed by atoms with Crippen LogP contribution < -0.4 is 5.73 Å². The maximum atomic E-state index is 5.77. The number of hydrogen-bond donors (Lipinski definition) is 1. The summed E-state index contributed by atoms with van der Waals surface area (Å²) in [5.74, 6) is 0. The van der Waals surface area contributed by atoms with Gasteiger partial charge in [-0.15, -0.1) is 0 Å². The van der Waals surface area contributed by atoms with E-state index in [2.05, 4.69) is 0 Å². The van der Waals surface area contributed by atoms with E-state index in [9.17, 15) is 0 Å². The Labute approximate surface area is 69.0 Å². The minimum atomic E-state index is -2.54. The Balaban J connectivity index is 4.26. The molecule has 2 N–H and O–H groups in total. The Morgan fingerprint density at radius 3 is 1.64 bits per heavy atom. The fraction of sp³-hybridized carbons (Fsp3) is 1.00. The Morgan fingerprint density at radius 1 is 1.18 bits per heavy atom. The zero-order chi connectivity index (χ0) is 8.91. The maximum Gasteiger partial charge on any atom is 0.517 e. The fourth-order valence-electron chi connectivity index (χ4n) is 0.954. The lowest BCUT2D eigenvalue weighted by Gasteiger charge is -2.28. The zero-order valence-corrected chi connectivity index (χ0v) is 8.59. The first-order valence-corrected chi connectivity index (χ1v) is 5.38. The van der Waals surface area contributed by atoms with E-state index >= 15 is 0 Å². The summed E-state index contributed by atoms with van der Waals surface area (Å²) in [5.41, 5.74) is 5.63. The van der Waals surface area contributed by atoms with Gasteiger partial charge < -0.3 is 19.0 Å². The molecule has 0 heterocycles. The van der Waals surface area contributed by atoms with E-state index in [1.54, 1.807) is 21.3 Å². The second-order valence-electron chi connectivity index (χ2n) is 2.23. The molecule has 0 saturated carbocycles. The van der Waals surface area contributed by atoms with E-state index in [1.807, 2.05) is 6.92 Å². The summed E-state index contributed by atoms with van der Waals surface area (Å²) in [7, 11) is 2.15. The second kappa shape index (κ2) is 4.84. The van der Waals surface area contributed by atoms with E-state index in [4.69, 9.17) is 19.0 Å². The molecule has 0 spiro atoms. The van der Waals surface area contributed by atoms with Crippen LogP contribution in [-0.4, -0.2) is 35.8 Å². The summed E-state index contributed by atoms with van der Waals surface area (Å²) in [5, 5.41) is 0. The molecule has 0 aromatic heterocycles. The van der Waals surface area contributed by atoms with Crippen LogP contribution in [0.2, 0.25) is 0 Å².